The maximum Gasteiger partial charge on any atom is 0.213 e. The van der Waals surface area contributed by atoms with E-state index < -0.39 is 0 Å². The van der Waals surface area contributed by atoms with Crippen LogP contribution in [0.3, 0.4) is 0 Å². The van der Waals surface area contributed by atoms with Crippen LogP contribution in [0.4, 0.5) is 0 Å². The van der Waals surface area contributed by atoms with Crippen molar-refractivity contribution in [2.24, 2.45) is 4.99 Å². The van der Waals surface area contributed by atoms with Gasteiger partial charge in [-0.2, -0.15) is 0 Å². The molecule has 1 rings (SSSR count). The van der Waals surface area contributed by atoms with E-state index in [0.29, 0.717) is 12.4 Å². The standard InChI is InChI=1S/C16H28N4O.HI/c1-6-7-10-20(5)16(17-4)19-12-14-8-9-15(18-11-14)21-13(2)3;/h8-9,11,13H,6-7,10,12H2,1-5H3,(H,17,19);1H. The normalized spacial score (nSPS) is 11.1. The van der Waals surface area contributed by atoms with Crippen molar-refractivity contribution in [3.05, 3.63) is 23.9 Å². The van der Waals surface area contributed by atoms with Crippen molar-refractivity contribution >= 4 is 29.9 Å². The summed E-state index contributed by atoms with van der Waals surface area (Å²) >= 11 is 0. The van der Waals surface area contributed by atoms with Gasteiger partial charge >= 0.3 is 0 Å². The fourth-order valence-corrected chi connectivity index (χ4v) is 1.89. The van der Waals surface area contributed by atoms with Crippen LogP contribution in [-0.2, 0) is 6.54 Å². The number of nitrogens with zero attached hydrogens (tertiary/aromatic N) is 3. The summed E-state index contributed by atoms with van der Waals surface area (Å²) in [7, 11) is 3.87. The molecule has 0 aliphatic heterocycles. The van der Waals surface area contributed by atoms with Crippen LogP contribution < -0.4 is 10.1 Å². The Labute approximate surface area is 151 Å². The fourth-order valence-electron chi connectivity index (χ4n) is 1.89. The number of nitrogens with one attached hydrogen (secondary N) is 1. The van der Waals surface area contributed by atoms with Crippen LogP contribution in [0.1, 0.15) is 39.2 Å². The first-order valence-corrected chi connectivity index (χ1v) is 7.60. The molecule has 0 fully saturated rings. The highest BCUT2D eigenvalue weighted by molar-refractivity contribution is 14.0. The van der Waals surface area contributed by atoms with Gasteiger partial charge in [0.1, 0.15) is 0 Å². The van der Waals surface area contributed by atoms with Gasteiger partial charge in [0.2, 0.25) is 5.88 Å². The number of unbranched alkanes of at least 4 members (excludes halogenated alkanes) is 1. The van der Waals surface area contributed by atoms with Gasteiger partial charge in [-0.25, -0.2) is 4.98 Å². The van der Waals surface area contributed by atoms with Crippen molar-refractivity contribution < 1.29 is 4.74 Å². The van der Waals surface area contributed by atoms with Gasteiger partial charge in [0, 0.05) is 39.4 Å². The highest BCUT2D eigenvalue weighted by Gasteiger charge is 2.05. The Bertz CT molecular complexity index is 434. The first-order chi connectivity index (χ1) is 10.1. The molecule has 0 atom stereocenters. The van der Waals surface area contributed by atoms with Gasteiger partial charge < -0.3 is 15.0 Å². The molecule has 1 heterocycles. The van der Waals surface area contributed by atoms with Gasteiger partial charge in [-0.15, -0.1) is 24.0 Å². The van der Waals surface area contributed by atoms with Gasteiger partial charge in [0.25, 0.3) is 0 Å². The Kier molecular flexibility index (Phi) is 11.0. The molecule has 0 aromatic carbocycles. The van der Waals surface area contributed by atoms with E-state index >= 15 is 0 Å². The second-order valence-electron chi connectivity index (χ2n) is 5.35. The molecule has 22 heavy (non-hydrogen) atoms. The summed E-state index contributed by atoms with van der Waals surface area (Å²) in [5.41, 5.74) is 1.11. The zero-order valence-electron chi connectivity index (χ0n) is 14.3. The van der Waals surface area contributed by atoms with Gasteiger partial charge in [0.15, 0.2) is 5.96 Å². The van der Waals surface area contributed by atoms with Crippen LogP contribution in [-0.4, -0.2) is 42.6 Å². The predicted molar refractivity (Wildman–Crippen MR) is 103 cm³/mol. The lowest BCUT2D eigenvalue weighted by Gasteiger charge is -2.21. The van der Waals surface area contributed by atoms with Crippen molar-refractivity contribution in [1.82, 2.24) is 15.2 Å². The average molecular weight is 420 g/mol. The summed E-state index contributed by atoms with van der Waals surface area (Å²) in [5.74, 6) is 1.57. The number of aliphatic imine (C=N–C) groups is 1. The predicted octanol–water partition coefficient (Wildman–Crippen LogP) is 3.29. The number of ether oxygens (including phenoxy) is 1. The highest BCUT2D eigenvalue weighted by atomic mass is 127. The average Bonchev–Trinajstić information content (AvgIpc) is 2.46. The monoisotopic (exact) mass is 420 g/mol. The van der Waals surface area contributed by atoms with E-state index in [1.54, 1.807) is 0 Å². The summed E-state index contributed by atoms with van der Waals surface area (Å²) in [5, 5.41) is 3.35. The molecule has 1 aromatic heterocycles. The van der Waals surface area contributed by atoms with Crippen LogP contribution in [0, 0.1) is 0 Å². The van der Waals surface area contributed by atoms with E-state index in [-0.39, 0.29) is 30.1 Å². The van der Waals surface area contributed by atoms with Crippen LogP contribution >= 0.6 is 24.0 Å². The Morgan fingerprint density at radius 3 is 2.64 bits per heavy atom. The quantitative estimate of drug-likeness (QED) is 0.418. The lowest BCUT2D eigenvalue weighted by molar-refractivity contribution is 0.232. The van der Waals surface area contributed by atoms with Crippen molar-refractivity contribution in [2.75, 3.05) is 20.6 Å². The lowest BCUT2D eigenvalue weighted by Crippen LogP contribution is -2.38. The molecule has 0 unspecified atom stereocenters. The second-order valence-corrected chi connectivity index (χ2v) is 5.35. The molecule has 1 aromatic rings. The second kappa shape index (κ2) is 11.5. The highest BCUT2D eigenvalue weighted by Crippen LogP contribution is 2.09. The molecular formula is C16H29IN4O. The van der Waals surface area contributed by atoms with Crippen LogP contribution in [0.2, 0.25) is 0 Å². The van der Waals surface area contributed by atoms with Crippen molar-refractivity contribution in [3.8, 4) is 5.88 Å². The maximum absolute atomic E-state index is 5.53. The largest absolute Gasteiger partial charge is 0.475 e. The molecule has 0 saturated carbocycles. The molecule has 0 aliphatic carbocycles. The summed E-state index contributed by atoms with van der Waals surface area (Å²) in [6, 6.07) is 3.93. The molecule has 0 aliphatic rings. The van der Waals surface area contributed by atoms with Gasteiger partial charge in [-0.05, 0) is 25.8 Å². The SMILES string of the molecule is CCCCN(C)C(=NC)NCc1ccc(OC(C)C)nc1.I. The van der Waals surface area contributed by atoms with Crippen molar-refractivity contribution in [3.63, 3.8) is 0 Å². The molecule has 0 saturated heterocycles. The molecule has 0 spiro atoms. The zero-order chi connectivity index (χ0) is 15.7. The molecule has 5 nitrogen and oxygen atoms in total. The molecule has 0 bridgehead atoms. The number of hydrogen-bond acceptors (Lipinski definition) is 3. The smallest absolute Gasteiger partial charge is 0.213 e. The van der Waals surface area contributed by atoms with E-state index in [1.807, 2.05) is 39.2 Å². The van der Waals surface area contributed by atoms with E-state index in [4.69, 9.17) is 4.74 Å². The first kappa shape index (κ1) is 20.9. The van der Waals surface area contributed by atoms with E-state index in [1.165, 1.54) is 12.8 Å². The Morgan fingerprint density at radius 2 is 2.14 bits per heavy atom. The van der Waals surface area contributed by atoms with E-state index in [2.05, 4.69) is 34.2 Å². The minimum Gasteiger partial charge on any atom is -0.475 e. The summed E-state index contributed by atoms with van der Waals surface area (Å²) in [4.78, 5) is 10.7. The first-order valence-electron chi connectivity index (χ1n) is 7.60. The van der Waals surface area contributed by atoms with Crippen LogP contribution in [0.5, 0.6) is 5.88 Å². The third-order valence-corrected chi connectivity index (χ3v) is 3.03. The molecule has 0 amide bonds. The number of hydrogen-bond donors (Lipinski definition) is 1. The van der Waals surface area contributed by atoms with E-state index in [9.17, 15) is 0 Å². The number of pyridine rings is 1. The minimum absolute atomic E-state index is 0. The van der Waals surface area contributed by atoms with Crippen LogP contribution in [0.25, 0.3) is 0 Å². The van der Waals surface area contributed by atoms with Crippen LogP contribution in [0.15, 0.2) is 23.3 Å². The number of guanidine groups is 1. The molecule has 1 N–H and O–H groups in total. The zero-order valence-corrected chi connectivity index (χ0v) is 16.6. The summed E-state index contributed by atoms with van der Waals surface area (Å²) in [6.45, 7) is 7.89. The molecule has 126 valence electrons. The van der Waals surface area contributed by atoms with E-state index in [0.717, 1.165) is 18.1 Å². The number of rotatable bonds is 7. The third kappa shape index (κ3) is 7.82. The van der Waals surface area contributed by atoms with Gasteiger partial charge in [-0.1, -0.05) is 19.4 Å². The summed E-state index contributed by atoms with van der Waals surface area (Å²) < 4.78 is 5.53. The Balaban J connectivity index is 0.00000441. The Hall–Kier alpha value is -1.05. The van der Waals surface area contributed by atoms with Gasteiger partial charge in [0.05, 0.1) is 6.10 Å². The van der Waals surface area contributed by atoms with Crippen molar-refractivity contribution in [1.29, 1.82) is 0 Å². The molecule has 6 heteroatoms. The van der Waals surface area contributed by atoms with Gasteiger partial charge in [-0.3, -0.25) is 4.99 Å². The lowest BCUT2D eigenvalue weighted by atomic mass is 10.3. The number of aromatic nitrogens is 1. The maximum atomic E-state index is 5.53. The molecule has 0 radical (unpaired) electrons. The van der Waals surface area contributed by atoms with Crippen molar-refractivity contribution in [2.45, 2.75) is 46.3 Å². The fraction of sp³-hybridized carbons (Fsp3) is 0.625. The summed E-state index contributed by atoms with van der Waals surface area (Å²) in [6.07, 6.45) is 4.33. The Morgan fingerprint density at radius 1 is 1.41 bits per heavy atom. The molecular weight excluding hydrogens is 391 g/mol. The minimum atomic E-state index is 0. The topological polar surface area (TPSA) is 49.8 Å². The number of halogens is 1. The third-order valence-electron chi connectivity index (χ3n) is 3.03.